The summed E-state index contributed by atoms with van der Waals surface area (Å²) in [5.74, 6) is 0.677. The molecule has 2 rings (SSSR count). The molecule has 1 N–H and O–H groups in total. The van der Waals surface area contributed by atoms with Crippen molar-refractivity contribution in [3.63, 3.8) is 0 Å². The largest absolute Gasteiger partial charge is 0.311 e. The Balaban J connectivity index is 2.02. The van der Waals surface area contributed by atoms with E-state index in [1.54, 1.807) is 6.33 Å². The van der Waals surface area contributed by atoms with E-state index >= 15 is 0 Å². The van der Waals surface area contributed by atoms with E-state index < -0.39 is 0 Å². The molecule has 100 valence electrons. The van der Waals surface area contributed by atoms with Crippen LogP contribution in [0.1, 0.15) is 32.9 Å². The summed E-state index contributed by atoms with van der Waals surface area (Å²) >= 11 is 0. The third-order valence-electron chi connectivity index (χ3n) is 3.85. The fourth-order valence-corrected chi connectivity index (χ4v) is 2.55. The lowest BCUT2D eigenvalue weighted by Gasteiger charge is -2.41. The highest BCUT2D eigenvalue weighted by atomic mass is 15.2. The minimum atomic E-state index is 0.592. The fourth-order valence-electron chi connectivity index (χ4n) is 2.55. The van der Waals surface area contributed by atoms with Crippen molar-refractivity contribution in [3.05, 3.63) is 24.3 Å². The van der Waals surface area contributed by atoms with Crippen LogP contribution in [0.3, 0.4) is 0 Å². The van der Waals surface area contributed by atoms with Crippen molar-refractivity contribution in [1.82, 2.24) is 20.2 Å². The standard InChI is InChI=1S/C14H24N4/c1-4-13-7-16-14(11(2)3)9-18(13)8-12-5-6-15-10-17-12/h5-6,10-11,13-14,16H,4,7-9H2,1-3H3. The lowest BCUT2D eigenvalue weighted by atomic mass is 9.98. The summed E-state index contributed by atoms with van der Waals surface area (Å²) in [6, 6.07) is 3.23. The molecule has 2 unspecified atom stereocenters. The second-order valence-electron chi connectivity index (χ2n) is 5.45. The third kappa shape index (κ3) is 3.27. The lowest BCUT2D eigenvalue weighted by molar-refractivity contribution is 0.102. The summed E-state index contributed by atoms with van der Waals surface area (Å²) in [6.07, 6.45) is 4.65. The number of rotatable bonds is 4. The van der Waals surface area contributed by atoms with E-state index in [1.807, 2.05) is 12.3 Å². The van der Waals surface area contributed by atoms with Crippen molar-refractivity contribution < 1.29 is 0 Å². The van der Waals surface area contributed by atoms with E-state index in [1.165, 1.54) is 6.42 Å². The molecule has 0 amide bonds. The van der Waals surface area contributed by atoms with Crippen LogP contribution < -0.4 is 5.32 Å². The Hall–Kier alpha value is -1.00. The SMILES string of the molecule is CCC1CNC(C(C)C)CN1Cc1ccncn1. The Morgan fingerprint density at radius 1 is 1.50 bits per heavy atom. The number of aromatic nitrogens is 2. The Labute approximate surface area is 110 Å². The van der Waals surface area contributed by atoms with Crippen LogP contribution in [0, 0.1) is 5.92 Å². The maximum Gasteiger partial charge on any atom is 0.115 e. The second kappa shape index (κ2) is 6.25. The van der Waals surface area contributed by atoms with Gasteiger partial charge in [-0.1, -0.05) is 20.8 Å². The molecular formula is C14H24N4. The molecule has 1 aliphatic heterocycles. The average molecular weight is 248 g/mol. The summed E-state index contributed by atoms with van der Waals surface area (Å²) in [4.78, 5) is 10.9. The molecular weight excluding hydrogens is 224 g/mol. The van der Waals surface area contributed by atoms with Gasteiger partial charge in [-0.05, 0) is 18.4 Å². The third-order valence-corrected chi connectivity index (χ3v) is 3.85. The van der Waals surface area contributed by atoms with Crippen LogP contribution in [0.2, 0.25) is 0 Å². The first-order chi connectivity index (χ1) is 8.70. The van der Waals surface area contributed by atoms with E-state index in [9.17, 15) is 0 Å². The van der Waals surface area contributed by atoms with Crippen molar-refractivity contribution in [2.45, 2.75) is 45.8 Å². The fraction of sp³-hybridized carbons (Fsp3) is 0.714. The van der Waals surface area contributed by atoms with Crippen molar-refractivity contribution in [1.29, 1.82) is 0 Å². The summed E-state index contributed by atoms with van der Waals surface area (Å²) in [5.41, 5.74) is 1.12. The summed E-state index contributed by atoms with van der Waals surface area (Å²) < 4.78 is 0. The first-order valence-corrected chi connectivity index (χ1v) is 6.93. The van der Waals surface area contributed by atoms with Crippen LogP contribution in [0.5, 0.6) is 0 Å². The van der Waals surface area contributed by atoms with E-state index in [2.05, 4.69) is 41.0 Å². The van der Waals surface area contributed by atoms with Crippen LogP contribution >= 0.6 is 0 Å². The molecule has 18 heavy (non-hydrogen) atoms. The summed E-state index contributed by atoms with van der Waals surface area (Å²) in [5, 5.41) is 3.66. The second-order valence-corrected chi connectivity index (χ2v) is 5.45. The Morgan fingerprint density at radius 2 is 2.33 bits per heavy atom. The smallest absolute Gasteiger partial charge is 0.115 e. The molecule has 1 aromatic heterocycles. The van der Waals surface area contributed by atoms with E-state index in [0.717, 1.165) is 25.3 Å². The number of piperazine rings is 1. The van der Waals surface area contributed by atoms with Crippen LogP contribution in [-0.2, 0) is 6.54 Å². The van der Waals surface area contributed by atoms with Gasteiger partial charge in [0.2, 0.25) is 0 Å². The summed E-state index contributed by atoms with van der Waals surface area (Å²) in [7, 11) is 0. The molecule has 0 aliphatic carbocycles. The highest BCUT2D eigenvalue weighted by Crippen LogP contribution is 2.17. The molecule has 2 heterocycles. The van der Waals surface area contributed by atoms with Crippen molar-refractivity contribution in [2.24, 2.45) is 5.92 Å². The Kier molecular flexibility index (Phi) is 4.66. The number of nitrogens with zero attached hydrogens (tertiary/aromatic N) is 3. The predicted octanol–water partition coefficient (Wildman–Crippen LogP) is 1.68. The topological polar surface area (TPSA) is 41.0 Å². The Morgan fingerprint density at radius 3 is 2.94 bits per heavy atom. The zero-order valence-electron chi connectivity index (χ0n) is 11.6. The molecule has 4 heteroatoms. The van der Waals surface area contributed by atoms with Crippen LogP contribution in [0.4, 0.5) is 0 Å². The zero-order chi connectivity index (χ0) is 13.0. The molecule has 0 aromatic carbocycles. The van der Waals surface area contributed by atoms with Crippen LogP contribution in [0.15, 0.2) is 18.6 Å². The number of nitrogens with one attached hydrogen (secondary N) is 1. The van der Waals surface area contributed by atoms with Crippen LogP contribution in [0.25, 0.3) is 0 Å². The molecule has 1 saturated heterocycles. The van der Waals surface area contributed by atoms with Gasteiger partial charge in [-0.15, -0.1) is 0 Å². The highest BCUT2D eigenvalue weighted by molar-refractivity contribution is 4.99. The molecule has 0 spiro atoms. The predicted molar refractivity (Wildman–Crippen MR) is 73.1 cm³/mol. The molecule has 1 fully saturated rings. The number of hydrogen-bond acceptors (Lipinski definition) is 4. The van der Waals surface area contributed by atoms with Gasteiger partial charge in [0, 0.05) is 37.9 Å². The monoisotopic (exact) mass is 248 g/mol. The van der Waals surface area contributed by atoms with Gasteiger partial charge < -0.3 is 5.32 Å². The van der Waals surface area contributed by atoms with Gasteiger partial charge in [0.15, 0.2) is 0 Å². The number of hydrogen-bond donors (Lipinski definition) is 1. The molecule has 2 atom stereocenters. The van der Waals surface area contributed by atoms with Crippen molar-refractivity contribution in [3.8, 4) is 0 Å². The quantitative estimate of drug-likeness (QED) is 0.880. The minimum absolute atomic E-state index is 0.592. The molecule has 1 aromatic rings. The van der Waals surface area contributed by atoms with Crippen molar-refractivity contribution in [2.75, 3.05) is 13.1 Å². The molecule has 4 nitrogen and oxygen atoms in total. The van der Waals surface area contributed by atoms with E-state index in [-0.39, 0.29) is 0 Å². The van der Waals surface area contributed by atoms with Gasteiger partial charge in [0.05, 0.1) is 5.69 Å². The first-order valence-electron chi connectivity index (χ1n) is 6.93. The lowest BCUT2D eigenvalue weighted by Crippen LogP contribution is -2.57. The maximum atomic E-state index is 4.34. The minimum Gasteiger partial charge on any atom is -0.311 e. The normalized spacial score (nSPS) is 25.6. The van der Waals surface area contributed by atoms with Crippen LogP contribution in [-0.4, -0.2) is 40.0 Å². The van der Waals surface area contributed by atoms with Gasteiger partial charge in [-0.25, -0.2) is 9.97 Å². The highest BCUT2D eigenvalue weighted by Gasteiger charge is 2.28. The van der Waals surface area contributed by atoms with Gasteiger partial charge in [-0.3, -0.25) is 4.90 Å². The first kappa shape index (κ1) is 13.4. The Bertz CT molecular complexity index is 352. The van der Waals surface area contributed by atoms with E-state index in [4.69, 9.17) is 0 Å². The molecule has 1 aliphatic rings. The molecule has 0 radical (unpaired) electrons. The van der Waals surface area contributed by atoms with E-state index in [0.29, 0.717) is 18.0 Å². The van der Waals surface area contributed by atoms with Gasteiger partial charge >= 0.3 is 0 Å². The van der Waals surface area contributed by atoms with Crippen molar-refractivity contribution >= 4 is 0 Å². The summed E-state index contributed by atoms with van der Waals surface area (Å²) in [6.45, 7) is 9.96. The maximum absolute atomic E-state index is 4.34. The van der Waals surface area contributed by atoms with Gasteiger partial charge in [-0.2, -0.15) is 0 Å². The van der Waals surface area contributed by atoms with Gasteiger partial charge in [0.25, 0.3) is 0 Å². The average Bonchev–Trinajstić information content (AvgIpc) is 2.39. The molecule has 0 bridgehead atoms. The zero-order valence-corrected chi connectivity index (χ0v) is 11.6. The molecule has 0 saturated carbocycles. The van der Waals surface area contributed by atoms with Gasteiger partial charge in [0.1, 0.15) is 6.33 Å².